The minimum Gasteiger partial charge on any atom is -0.486 e. The molecule has 0 aromatic heterocycles. The van der Waals surface area contributed by atoms with Crippen LogP contribution in [0.3, 0.4) is 0 Å². The Morgan fingerprint density at radius 2 is 1.90 bits per heavy atom. The summed E-state index contributed by atoms with van der Waals surface area (Å²) >= 11 is 0. The van der Waals surface area contributed by atoms with E-state index in [9.17, 15) is 13.9 Å². The molecule has 110 valence electrons. The van der Waals surface area contributed by atoms with E-state index in [0.29, 0.717) is 11.5 Å². The summed E-state index contributed by atoms with van der Waals surface area (Å²) in [5, 5.41) is 10.2. The highest BCUT2D eigenvalue weighted by Gasteiger charge is 2.28. The molecular weight excluding hydrogens is 278 g/mol. The highest BCUT2D eigenvalue weighted by Crippen LogP contribution is 2.32. The van der Waals surface area contributed by atoms with Gasteiger partial charge in [-0.05, 0) is 35.9 Å². The van der Waals surface area contributed by atoms with Crippen LogP contribution in [0.1, 0.15) is 5.56 Å². The van der Waals surface area contributed by atoms with Crippen LogP contribution in [-0.2, 0) is 6.42 Å². The summed E-state index contributed by atoms with van der Waals surface area (Å²) in [6, 6.07) is 10.3. The quantitative estimate of drug-likeness (QED) is 0.945. The number of hydrogen-bond acceptors (Lipinski definition) is 3. The SMILES string of the molecule is OC(Cc1cc(F)ccc1F)C1COc2ccccc2O1. The zero-order valence-electron chi connectivity index (χ0n) is 11.1. The first-order valence-electron chi connectivity index (χ1n) is 6.64. The fourth-order valence-corrected chi connectivity index (χ4v) is 2.28. The van der Waals surface area contributed by atoms with Crippen molar-refractivity contribution in [2.24, 2.45) is 0 Å². The number of benzene rings is 2. The maximum Gasteiger partial charge on any atom is 0.161 e. The number of para-hydroxylation sites is 2. The van der Waals surface area contributed by atoms with E-state index in [1.807, 2.05) is 6.07 Å². The largest absolute Gasteiger partial charge is 0.486 e. The zero-order valence-corrected chi connectivity index (χ0v) is 11.1. The van der Waals surface area contributed by atoms with Gasteiger partial charge in [0.05, 0.1) is 6.10 Å². The monoisotopic (exact) mass is 292 g/mol. The number of fused-ring (bicyclic) bond motifs is 1. The molecule has 2 aromatic carbocycles. The third kappa shape index (κ3) is 2.97. The molecule has 2 unspecified atom stereocenters. The maximum absolute atomic E-state index is 13.6. The third-order valence-electron chi connectivity index (χ3n) is 3.40. The Labute approximate surface area is 120 Å². The van der Waals surface area contributed by atoms with Crippen molar-refractivity contribution >= 4 is 0 Å². The zero-order chi connectivity index (χ0) is 14.8. The molecule has 1 N–H and O–H groups in total. The van der Waals surface area contributed by atoms with Gasteiger partial charge in [0.2, 0.25) is 0 Å². The molecule has 21 heavy (non-hydrogen) atoms. The predicted octanol–water partition coefficient (Wildman–Crippen LogP) is 2.71. The lowest BCUT2D eigenvalue weighted by molar-refractivity contribution is -0.00976. The lowest BCUT2D eigenvalue weighted by atomic mass is 10.0. The van der Waals surface area contributed by atoms with Crippen molar-refractivity contribution in [1.29, 1.82) is 0 Å². The Morgan fingerprint density at radius 1 is 1.14 bits per heavy atom. The van der Waals surface area contributed by atoms with Crippen LogP contribution >= 0.6 is 0 Å². The molecule has 1 aliphatic heterocycles. The van der Waals surface area contributed by atoms with E-state index in [2.05, 4.69) is 0 Å². The van der Waals surface area contributed by atoms with Crippen LogP contribution in [0.5, 0.6) is 11.5 Å². The van der Waals surface area contributed by atoms with Gasteiger partial charge in [0, 0.05) is 6.42 Å². The molecular formula is C16H14F2O3. The fourth-order valence-electron chi connectivity index (χ4n) is 2.28. The lowest BCUT2D eigenvalue weighted by Crippen LogP contribution is -2.41. The van der Waals surface area contributed by atoms with Gasteiger partial charge in [0.15, 0.2) is 17.6 Å². The van der Waals surface area contributed by atoms with Crippen molar-refractivity contribution in [1.82, 2.24) is 0 Å². The minimum atomic E-state index is -0.991. The molecule has 5 heteroatoms. The third-order valence-corrected chi connectivity index (χ3v) is 3.40. The summed E-state index contributed by atoms with van der Waals surface area (Å²) in [7, 11) is 0. The summed E-state index contributed by atoms with van der Waals surface area (Å²) < 4.78 is 37.9. The number of rotatable bonds is 3. The summed E-state index contributed by atoms with van der Waals surface area (Å²) in [5.74, 6) is 0.0581. The first kappa shape index (κ1) is 13.8. The van der Waals surface area contributed by atoms with E-state index in [-0.39, 0.29) is 18.6 Å². The molecule has 0 fully saturated rings. The van der Waals surface area contributed by atoms with E-state index in [1.54, 1.807) is 18.2 Å². The van der Waals surface area contributed by atoms with E-state index in [1.165, 1.54) is 0 Å². The number of hydrogen-bond donors (Lipinski definition) is 1. The second-order valence-corrected chi connectivity index (χ2v) is 4.92. The number of halogens is 2. The molecule has 1 aliphatic rings. The molecule has 0 saturated heterocycles. The van der Waals surface area contributed by atoms with Crippen molar-refractivity contribution in [3.05, 3.63) is 59.7 Å². The normalized spacial score (nSPS) is 18.3. The fraction of sp³-hybridized carbons (Fsp3) is 0.250. The minimum absolute atomic E-state index is 0.0419. The molecule has 0 saturated carbocycles. The average Bonchev–Trinajstić information content (AvgIpc) is 2.50. The van der Waals surface area contributed by atoms with Crippen molar-refractivity contribution in [3.8, 4) is 11.5 Å². The Balaban J connectivity index is 1.72. The summed E-state index contributed by atoms with van der Waals surface area (Å²) in [6.45, 7) is 0.162. The molecule has 0 spiro atoms. The Kier molecular flexibility index (Phi) is 3.75. The molecule has 0 bridgehead atoms. The highest BCUT2D eigenvalue weighted by molar-refractivity contribution is 5.40. The summed E-state index contributed by atoms with van der Waals surface area (Å²) in [4.78, 5) is 0. The molecule has 3 rings (SSSR count). The van der Waals surface area contributed by atoms with Crippen LogP contribution in [0.25, 0.3) is 0 Å². The van der Waals surface area contributed by atoms with E-state index in [4.69, 9.17) is 9.47 Å². The molecule has 0 aliphatic carbocycles. The van der Waals surface area contributed by atoms with Crippen molar-refractivity contribution in [2.75, 3.05) is 6.61 Å². The molecule has 0 radical (unpaired) electrons. The lowest BCUT2D eigenvalue weighted by Gasteiger charge is -2.29. The Bertz CT molecular complexity index is 645. The van der Waals surface area contributed by atoms with Crippen LogP contribution in [0.4, 0.5) is 8.78 Å². The second kappa shape index (κ2) is 5.69. The standard InChI is InChI=1S/C16H14F2O3/c17-11-5-6-12(18)10(7-11)8-13(19)16-9-20-14-3-1-2-4-15(14)21-16/h1-7,13,16,19H,8-9H2. The first-order valence-corrected chi connectivity index (χ1v) is 6.64. The van der Waals surface area contributed by atoms with Crippen LogP contribution in [0.15, 0.2) is 42.5 Å². The van der Waals surface area contributed by atoms with Crippen LogP contribution in [-0.4, -0.2) is 23.9 Å². The van der Waals surface area contributed by atoms with Gasteiger partial charge in [-0.3, -0.25) is 0 Å². The number of ether oxygens (including phenoxy) is 2. The average molecular weight is 292 g/mol. The van der Waals surface area contributed by atoms with E-state index >= 15 is 0 Å². The van der Waals surface area contributed by atoms with Crippen molar-refractivity contribution in [2.45, 2.75) is 18.6 Å². The van der Waals surface area contributed by atoms with Gasteiger partial charge in [0.1, 0.15) is 18.2 Å². The van der Waals surface area contributed by atoms with Gasteiger partial charge in [0.25, 0.3) is 0 Å². The van der Waals surface area contributed by atoms with E-state index < -0.39 is 23.8 Å². The van der Waals surface area contributed by atoms with Crippen molar-refractivity contribution in [3.63, 3.8) is 0 Å². The highest BCUT2D eigenvalue weighted by atomic mass is 19.1. The predicted molar refractivity (Wildman–Crippen MR) is 72.4 cm³/mol. The smallest absolute Gasteiger partial charge is 0.161 e. The number of aliphatic hydroxyl groups excluding tert-OH is 1. The Hall–Kier alpha value is -2.14. The second-order valence-electron chi connectivity index (χ2n) is 4.92. The van der Waals surface area contributed by atoms with Gasteiger partial charge in [-0.1, -0.05) is 12.1 Å². The summed E-state index contributed by atoms with van der Waals surface area (Å²) in [6.07, 6.45) is -1.66. The van der Waals surface area contributed by atoms with Gasteiger partial charge < -0.3 is 14.6 Å². The molecule has 0 amide bonds. The number of aliphatic hydroxyl groups is 1. The Morgan fingerprint density at radius 3 is 2.71 bits per heavy atom. The molecule has 3 nitrogen and oxygen atoms in total. The topological polar surface area (TPSA) is 38.7 Å². The first-order chi connectivity index (χ1) is 10.1. The van der Waals surface area contributed by atoms with Crippen LogP contribution in [0.2, 0.25) is 0 Å². The maximum atomic E-state index is 13.6. The van der Waals surface area contributed by atoms with Crippen LogP contribution in [0, 0.1) is 11.6 Å². The van der Waals surface area contributed by atoms with Crippen LogP contribution < -0.4 is 9.47 Å². The van der Waals surface area contributed by atoms with Crippen molar-refractivity contribution < 1.29 is 23.4 Å². The molecule has 2 aromatic rings. The molecule has 1 heterocycles. The van der Waals surface area contributed by atoms with Gasteiger partial charge in [-0.25, -0.2) is 8.78 Å². The molecule has 2 atom stereocenters. The van der Waals surface area contributed by atoms with E-state index in [0.717, 1.165) is 18.2 Å². The van der Waals surface area contributed by atoms with Gasteiger partial charge >= 0.3 is 0 Å². The van der Waals surface area contributed by atoms with Gasteiger partial charge in [-0.2, -0.15) is 0 Å². The van der Waals surface area contributed by atoms with Gasteiger partial charge in [-0.15, -0.1) is 0 Å². The summed E-state index contributed by atoms with van der Waals surface area (Å²) in [5.41, 5.74) is 0.116.